The van der Waals surface area contributed by atoms with Gasteiger partial charge in [0.2, 0.25) is 10.0 Å². The van der Waals surface area contributed by atoms with Crippen molar-refractivity contribution in [2.45, 2.75) is 24.7 Å². The first-order chi connectivity index (χ1) is 9.81. The molecule has 1 aromatic carbocycles. The average Bonchev–Trinajstić information content (AvgIpc) is 2.43. The van der Waals surface area contributed by atoms with Crippen LogP contribution in [0.2, 0.25) is 5.02 Å². The van der Waals surface area contributed by atoms with Crippen LogP contribution in [0.5, 0.6) is 0 Å². The molecule has 1 rings (SSSR count). The number of aliphatic hydroxyl groups excluding tert-OH is 1. The Kier molecular flexibility index (Phi) is 6.53. The molecule has 1 aromatic rings. The van der Waals surface area contributed by atoms with Gasteiger partial charge in [0, 0.05) is 19.2 Å². The number of aliphatic hydroxyl groups is 1. The number of hydrogen-bond donors (Lipinski definition) is 2. The molecule has 1 unspecified atom stereocenters. The van der Waals surface area contributed by atoms with Crippen LogP contribution in [0, 0.1) is 16.0 Å². The maximum Gasteiger partial charge on any atom is 0.289 e. The summed E-state index contributed by atoms with van der Waals surface area (Å²) < 4.78 is 26.6. The first kappa shape index (κ1) is 17.8. The molecule has 21 heavy (non-hydrogen) atoms. The highest BCUT2D eigenvalue weighted by Crippen LogP contribution is 2.27. The second-order valence-corrected chi connectivity index (χ2v) is 6.68. The zero-order chi connectivity index (χ0) is 16.0. The summed E-state index contributed by atoms with van der Waals surface area (Å²) >= 11 is 5.65. The molecule has 7 nitrogen and oxygen atoms in total. The van der Waals surface area contributed by atoms with E-state index in [1.807, 2.05) is 6.92 Å². The quantitative estimate of drug-likeness (QED) is 0.557. The molecule has 0 amide bonds. The van der Waals surface area contributed by atoms with Crippen LogP contribution in [0.4, 0.5) is 5.69 Å². The molecule has 9 heteroatoms. The lowest BCUT2D eigenvalue weighted by Gasteiger charge is -2.14. The highest BCUT2D eigenvalue weighted by atomic mass is 35.5. The highest BCUT2D eigenvalue weighted by Gasteiger charge is 2.21. The number of sulfonamides is 1. The molecule has 0 spiro atoms. The third-order valence-corrected chi connectivity index (χ3v) is 4.84. The summed E-state index contributed by atoms with van der Waals surface area (Å²) in [5, 5.41) is 19.5. The van der Waals surface area contributed by atoms with Gasteiger partial charge in [0.15, 0.2) is 0 Å². The van der Waals surface area contributed by atoms with Crippen LogP contribution in [-0.2, 0) is 10.0 Å². The first-order valence-corrected chi connectivity index (χ1v) is 8.22. The lowest BCUT2D eigenvalue weighted by atomic mass is 10.0. The summed E-state index contributed by atoms with van der Waals surface area (Å²) in [5.74, 6) is 0.00654. The van der Waals surface area contributed by atoms with Crippen molar-refractivity contribution in [1.82, 2.24) is 4.72 Å². The van der Waals surface area contributed by atoms with Crippen LogP contribution in [0.25, 0.3) is 0 Å². The predicted molar refractivity (Wildman–Crippen MR) is 78.8 cm³/mol. The van der Waals surface area contributed by atoms with Gasteiger partial charge in [-0.25, -0.2) is 13.1 Å². The van der Waals surface area contributed by atoms with E-state index in [1.165, 1.54) is 12.1 Å². The van der Waals surface area contributed by atoms with Crippen molar-refractivity contribution in [3.8, 4) is 0 Å². The monoisotopic (exact) mass is 336 g/mol. The van der Waals surface area contributed by atoms with Crippen molar-refractivity contribution < 1.29 is 18.4 Å². The molecule has 1 atom stereocenters. The Morgan fingerprint density at radius 3 is 2.67 bits per heavy atom. The number of nitro benzene ring substituents is 1. The fourth-order valence-corrected chi connectivity index (χ4v) is 3.07. The van der Waals surface area contributed by atoms with E-state index in [-0.39, 0.29) is 29.0 Å². The van der Waals surface area contributed by atoms with E-state index in [1.54, 1.807) is 0 Å². The molecule has 0 aliphatic carbocycles. The van der Waals surface area contributed by atoms with E-state index in [2.05, 4.69) is 4.72 Å². The van der Waals surface area contributed by atoms with Gasteiger partial charge < -0.3 is 5.11 Å². The number of nitrogens with zero attached hydrogens (tertiary/aromatic N) is 1. The minimum atomic E-state index is -3.85. The topological polar surface area (TPSA) is 110 Å². The molecule has 0 aliphatic heterocycles. The highest BCUT2D eigenvalue weighted by molar-refractivity contribution is 7.89. The maximum atomic E-state index is 12.1. The number of rotatable bonds is 8. The Labute approximate surface area is 128 Å². The molecule has 0 bridgehead atoms. The predicted octanol–water partition coefficient (Wildman–Crippen LogP) is 1.94. The number of benzene rings is 1. The Morgan fingerprint density at radius 1 is 1.48 bits per heavy atom. The van der Waals surface area contributed by atoms with E-state index >= 15 is 0 Å². The molecule has 0 saturated carbocycles. The van der Waals surface area contributed by atoms with Crippen molar-refractivity contribution in [2.75, 3.05) is 13.2 Å². The van der Waals surface area contributed by atoms with Crippen LogP contribution in [0.1, 0.15) is 19.8 Å². The van der Waals surface area contributed by atoms with Gasteiger partial charge in [-0.2, -0.15) is 0 Å². The second-order valence-electron chi connectivity index (χ2n) is 4.51. The molecular weight excluding hydrogens is 320 g/mol. The summed E-state index contributed by atoms with van der Waals surface area (Å²) in [6.07, 6.45) is 1.20. The van der Waals surface area contributed by atoms with Gasteiger partial charge in [-0.15, -0.1) is 0 Å². The van der Waals surface area contributed by atoms with Crippen LogP contribution in [0.15, 0.2) is 23.1 Å². The van der Waals surface area contributed by atoms with Crippen molar-refractivity contribution in [3.63, 3.8) is 0 Å². The molecule has 0 aromatic heterocycles. The van der Waals surface area contributed by atoms with Crippen molar-refractivity contribution in [3.05, 3.63) is 33.3 Å². The van der Waals surface area contributed by atoms with Gasteiger partial charge in [0.05, 0.1) is 9.82 Å². The molecule has 0 heterocycles. The third-order valence-electron chi connectivity index (χ3n) is 3.10. The van der Waals surface area contributed by atoms with Crippen LogP contribution >= 0.6 is 11.6 Å². The molecular formula is C12H17ClN2O5S. The molecule has 0 fully saturated rings. The van der Waals surface area contributed by atoms with Gasteiger partial charge in [-0.05, 0) is 24.5 Å². The second kappa shape index (κ2) is 7.69. The standard InChI is InChI=1S/C12H17ClN2O5S/c1-2-9(5-6-16)8-14-21(19,20)10-3-4-11(13)12(7-10)15(17)18/h3-4,7,9,14,16H,2,5-6,8H2,1H3. The lowest BCUT2D eigenvalue weighted by Crippen LogP contribution is -2.29. The zero-order valence-corrected chi connectivity index (χ0v) is 13.0. The lowest BCUT2D eigenvalue weighted by molar-refractivity contribution is -0.384. The fraction of sp³-hybridized carbons (Fsp3) is 0.500. The summed E-state index contributed by atoms with van der Waals surface area (Å²) in [5.41, 5.74) is -0.457. The van der Waals surface area contributed by atoms with Gasteiger partial charge >= 0.3 is 0 Å². The fourth-order valence-electron chi connectivity index (χ4n) is 1.74. The number of nitro groups is 1. The van der Waals surface area contributed by atoms with E-state index < -0.39 is 20.6 Å². The number of nitrogens with one attached hydrogen (secondary N) is 1. The minimum absolute atomic E-state index is 0.00654. The van der Waals surface area contributed by atoms with Crippen LogP contribution in [-0.4, -0.2) is 31.6 Å². The average molecular weight is 337 g/mol. The third kappa shape index (κ3) is 4.92. The molecule has 2 N–H and O–H groups in total. The van der Waals surface area contributed by atoms with Crippen molar-refractivity contribution >= 4 is 27.3 Å². The summed E-state index contributed by atoms with van der Waals surface area (Å²) in [6.45, 7) is 2.03. The Balaban J connectivity index is 2.93. The van der Waals surface area contributed by atoms with E-state index in [9.17, 15) is 18.5 Å². The Hall–Kier alpha value is -1.22. The smallest absolute Gasteiger partial charge is 0.289 e. The summed E-state index contributed by atoms with van der Waals surface area (Å²) in [7, 11) is -3.85. The van der Waals surface area contributed by atoms with Crippen molar-refractivity contribution in [1.29, 1.82) is 0 Å². The SMILES string of the molecule is CCC(CCO)CNS(=O)(=O)c1ccc(Cl)c([N+](=O)[O-])c1. The van der Waals surface area contributed by atoms with Crippen LogP contribution in [0.3, 0.4) is 0 Å². The van der Waals surface area contributed by atoms with E-state index in [0.29, 0.717) is 12.8 Å². The summed E-state index contributed by atoms with van der Waals surface area (Å²) in [4.78, 5) is 9.83. The van der Waals surface area contributed by atoms with E-state index in [4.69, 9.17) is 16.7 Å². The first-order valence-electron chi connectivity index (χ1n) is 6.36. The molecule has 0 radical (unpaired) electrons. The van der Waals surface area contributed by atoms with Gasteiger partial charge in [-0.1, -0.05) is 24.9 Å². The Bertz CT molecular complexity index is 606. The molecule has 0 saturated heterocycles. The largest absolute Gasteiger partial charge is 0.396 e. The molecule has 0 aliphatic rings. The van der Waals surface area contributed by atoms with Gasteiger partial charge in [0.1, 0.15) is 5.02 Å². The summed E-state index contributed by atoms with van der Waals surface area (Å²) in [6, 6.07) is 3.32. The normalized spacial score (nSPS) is 13.1. The zero-order valence-electron chi connectivity index (χ0n) is 11.5. The van der Waals surface area contributed by atoms with Gasteiger partial charge in [-0.3, -0.25) is 10.1 Å². The Morgan fingerprint density at radius 2 is 2.14 bits per heavy atom. The minimum Gasteiger partial charge on any atom is -0.396 e. The van der Waals surface area contributed by atoms with Crippen molar-refractivity contribution in [2.24, 2.45) is 5.92 Å². The molecule has 118 valence electrons. The van der Waals surface area contributed by atoms with Gasteiger partial charge in [0.25, 0.3) is 5.69 Å². The number of halogens is 1. The van der Waals surface area contributed by atoms with Crippen LogP contribution < -0.4 is 4.72 Å². The number of hydrogen-bond acceptors (Lipinski definition) is 5. The maximum absolute atomic E-state index is 12.1. The van der Waals surface area contributed by atoms with E-state index in [0.717, 1.165) is 6.07 Å².